The maximum absolute atomic E-state index is 9.32. The molecular formula is C11H15N3O2. The molecule has 1 aromatic heterocycles. The number of rotatable bonds is 3. The quantitative estimate of drug-likeness (QED) is 0.854. The molecule has 0 radical (unpaired) electrons. The maximum Gasteiger partial charge on any atom is 0.117 e. The minimum absolute atomic E-state index is 0.200. The van der Waals surface area contributed by atoms with Gasteiger partial charge in [-0.1, -0.05) is 5.21 Å². The molecular weight excluding hydrogens is 206 g/mol. The summed E-state index contributed by atoms with van der Waals surface area (Å²) in [6.07, 6.45) is 0. The van der Waals surface area contributed by atoms with E-state index in [0.717, 1.165) is 5.52 Å². The van der Waals surface area contributed by atoms with E-state index in [4.69, 9.17) is 4.74 Å². The van der Waals surface area contributed by atoms with E-state index in [1.54, 1.807) is 30.0 Å². The molecule has 2 rings (SSSR count). The summed E-state index contributed by atoms with van der Waals surface area (Å²) in [5.41, 5.74) is 1.29. The minimum Gasteiger partial charge on any atom is -0.508 e. The third kappa shape index (κ3) is 1.99. The van der Waals surface area contributed by atoms with E-state index in [2.05, 4.69) is 10.3 Å². The molecule has 86 valence electrons. The van der Waals surface area contributed by atoms with Gasteiger partial charge in [0, 0.05) is 13.2 Å². The first-order valence-corrected chi connectivity index (χ1v) is 5.09. The lowest BCUT2D eigenvalue weighted by Crippen LogP contribution is -2.29. The van der Waals surface area contributed by atoms with Crippen molar-refractivity contribution in [2.45, 2.75) is 26.0 Å². The van der Waals surface area contributed by atoms with Crippen LogP contribution >= 0.6 is 0 Å². The van der Waals surface area contributed by atoms with Crippen LogP contribution < -0.4 is 0 Å². The molecule has 0 unspecified atom stereocenters. The van der Waals surface area contributed by atoms with Gasteiger partial charge < -0.3 is 9.84 Å². The number of benzene rings is 1. The van der Waals surface area contributed by atoms with Crippen LogP contribution in [0.3, 0.4) is 0 Å². The highest BCUT2D eigenvalue weighted by atomic mass is 16.5. The molecule has 0 aliphatic rings. The third-order valence-electron chi connectivity index (χ3n) is 2.58. The molecule has 0 aliphatic carbocycles. The predicted molar refractivity (Wildman–Crippen MR) is 60.3 cm³/mol. The second-order valence-electron chi connectivity index (χ2n) is 4.38. The van der Waals surface area contributed by atoms with Crippen LogP contribution in [0.2, 0.25) is 0 Å². The van der Waals surface area contributed by atoms with Crippen molar-refractivity contribution in [3.8, 4) is 5.75 Å². The Labute approximate surface area is 93.6 Å². The van der Waals surface area contributed by atoms with Gasteiger partial charge in [0.15, 0.2) is 0 Å². The van der Waals surface area contributed by atoms with Crippen LogP contribution in [0.4, 0.5) is 0 Å². The van der Waals surface area contributed by atoms with Crippen LogP contribution in [0.15, 0.2) is 18.2 Å². The highest BCUT2D eigenvalue weighted by Crippen LogP contribution is 2.19. The second kappa shape index (κ2) is 3.75. The Morgan fingerprint density at radius 1 is 1.44 bits per heavy atom. The molecule has 5 heteroatoms. The lowest BCUT2D eigenvalue weighted by molar-refractivity contribution is 0.00601. The standard InChI is InChI=1S/C11H15N3O2/c1-11(2,16-3)7-14-10-5-4-8(15)6-9(10)12-13-14/h4-6,15H,7H2,1-3H3. The zero-order chi connectivity index (χ0) is 11.8. The summed E-state index contributed by atoms with van der Waals surface area (Å²) in [7, 11) is 1.67. The molecule has 0 atom stereocenters. The van der Waals surface area contributed by atoms with Crippen LogP contribution in [-0.2, 0) is 11.3 Å². The summed E-state index contributed by atoms with van der Waals surface area (Å²) in [6, 6.07) is 5.02. The summed E-state index contributed by atoms with van der Waals surface area (Å²) >= 11 is 0. The molecule has 0 saturated carbocycles. The van der Waals surface area contributed by atoms with E-state index < -0.39 is 0 Å². The van der Waals surface area contributed by atoms with Crippen LogP contribution in [0.25, 0.3) is 11.0 Å². The molecule has 0 aliphatic heterocycles. The van der Waals surface area contributed by atoms with Gasteiger partial charge in [0.2, 0.25) is 0 Å². The largest absolute Gasteiger partial charge is 0.508 e. The van der Waals surface area contributed by atoms with Crippen LogP contribution in [-0.4, -0.2) is 32.8 Å². The van der Waals surface area contributed by atoms with E-state index in [9.17, 15) is 5.11 Å². The van der Waals surface area contributed by atoms with E-state index in [0.29, 0.717) is 12.1 Å². The Bertz CT molecular complexity index is 505. The highest BCUT2D eigenvalue weighted by molar-refractivity contribution is 5.75. The van der Waals surface area contributed by atoms with Crippen molar-refractivity contribution < 1.29 is 9.84 Å². The minimum atomic E-state index is -0.293. The smallest absolute Gasteiger partial charge is 0.117 e. The number of aromatic hydroxyl groups is 1. The van der Waals surface area contributed by atoms with Gasteiger partial charge in [-0.3, -0.25) is 0 Å². The zero-order valence-electron chi connectivity index (χ0n) is 9.64. The van der Waals surface area contributed by atoms with Crippen molar-refractivity contribution in [2.75, 3.05) is 7.11 Å². The molecule has 0 amide bonds. The van der Waals surface area contributed by atoms with E-state index >= 15 is 0 Å². The van der Waals surface area contributed by atoms with Crippen molar-refractivity contribution in [3.63, 3.8) is 0 Å². The van der Waals surface area contributed by atoms with Gasteiger partial charge in [-0.2, -0.15) is 0 Å². The second-order valence-corrected chi connectivity index (χ2v) is 4.38. The third-order valence-corrected chi connectivity index (χ3v) is 2.58. The number of phenolic OH excluding ortho intramolecular Hbond substituents is 1. The van der Waals surface area contributed by atoms with Crippen molar-refractivity contribution in [3.05, 3.63) is 18.2 Å². The molecule has 2 aromatic rings. The van der Waals surface area contributed by atoms with Gasteiger partial charge in [-0.25, -0.2) is 4.68 Å². The molecule has 0 bridgehead atoms. The van der Waals surface area contributed by atoms with Crippen molar-refractivity contribution in [1.82, 2.24) is 15.0 Å². The number of hydrogen-bond acceptors (Lipinski definition) is 4. The van der Waals surface area contributed by atoms with Crippen LogP contribution in [0.1, 0.15) is 13.8 Å². The molecule has 5 nitrogen and oxygen atoms in total. The van der Waals surface area contributed by atoms with Gasteiger partial charge in [0.05, 0.1) is 17.7 Å². The lowest BCUT2D eigenvalue weighted by atomic mass is 10.1. The molecule has 16 heavy (non-hydrogen) atoms. The Hall–Kier alpha value is -1.62. The van der Waals surface area contributed by atoms with Crippen molar-refractivity contribution >= 4 is 11.0 Å². The predicted octanol–water partition coefficient (Wildman–Crippen LogP) is 1.56. The Kier molecular flexibility index (Phi) is 2.55. The van der Waals surface area contributed by atoms with Gasteiger partial charge in [0.25, 0.3) is 0 Å². The van der Waals surface area contributed by atoms with Gasteiger partial charge in [0.1, 0.15) is 11.3 Å². The van der Waals surface area contributed by atoms with Crippen molar-refractivity contribution in [2.24, 2.45) is 0 Å². The van der Waals surface area contributed by atoms with Crippen LogP contribution in [0, 0.1) is 0 Å². The summed E-state index contributed by atoms with van der Waals surface area (Å²) in [5, 5.41) is 17.4. The van der Waals surface area contributed by atoms with E-state index in [-0.39, 0.29) is 11.4 Å². The highest BCUT2D eigenvalue weighted by Gasteiger charge is 2.19. The number of hydrogen-bond donors (Lipinski definition) is 1. The number of phenols is 1. The summed E-state index contributed by atoms with van der Waals surface area (Å²) in [6.45, 7) is 4.59. The Morgan fingerprint density at radius 3 is 2.88 bits per heavy atom. The lowest BCUT2D eigenvalue weighted by Gasteiger charge is -2.22. The first-order chi connectivity index (χ1) is 7.52. The molecule has 0 fully saturated rings. The number of ether oxygens (including phenoxy) is 1. The molecule has 1 aromatic carbocycles. The number of methoxy groups -OCH3 is 1. The first kappa shape index (κ1) is 10.9. The maximum atomic E-state index is 9.32. The zero-order valence-corrected chi connectivity index (χ0v) is 9.64. The summed E-state index contributed by atoms with van der Waals surface area (Å²) in [5.74, 6) is 0.200. The van der Waals surface area contributed by atoms with Gasteiger partial charge in [-0.05, 0) is 26.0 Å². The van der Waals surface area contributed by atoms with E-state index in [1.807, 2.05) is 13.8 Å². The number of fused-ring (bicyclic) bond motifs is 1. The van der Waals surface area contributed by atoms with Crippen LogP contribution in [0.5, 0.6) is 5.75 Å². The Balaban J connectivity index is 2.39. The molecule has 1 heterocycles. The molecule has 0 spiro atoms. The monoisotopic (exact) mass is 221 g/mol. The fourth-order valence-corrected chi connectivity index (χ4v) is 1.50. The number of aromatic nitrogens is 3. The Morgan fingerprint density at radius 2 is 2.19 bits per heavy atom. The SMILES string of the molecule is COC(C)(C)Cn1nnc2cc(O)ccc21. The fourth-order valence-electron chi connectivity index (χ4n) is 1.50. The normalized spacial score (nSPS) is 12.2. The summed E-state index contributed by atoms with van der Waals surface area (Å²) < 4.78 is 7.12. The number of nitrogens with zero attached hydrogens (tertiary/aromatic N) is 3. The average molecular weight is 221 g/mol. The average Bonchev–Trinajstić information content (AvgIpc) is 2.60. The summed E-state index contributed by atoms with van der Waals surface area (Å²) in [4.78, 5) is 0. The van der Waals surface area contributed by atoms with Gasteiger partial charge in [-0.15, -0.1) is 5.10 Å². The molecule has 1 N–H and O–H groups in total. The fraction of sp³-hybridized carbons (Fsp3) is 0.455. The van der Waals surface area contributed by atoms with Crippen molar-refractivity contribution in [1.29, 1.82) is 0 Å². The molecule has 0 saturated heterocycles. The topological polar surface area (TPSA) is 60.2 Å². The first-order valence-electron chi connectivity index (χ1n) is 5.09. The van der Waals surface area contributed by atoms with E-state index in [1.165, 1.54) is 0 Å². The van der Waals surface area contributed by atoms with Gasteiger partial charge >= 0.3 is 0 Å².